The van der Waals surface area contributed by atoms with Crippen molar-refractivity contribution >= 4 is 6.03 Å². The highest BCUT2D eigenvalue weighted by molar-refractivity contribution is 5.77. The third-order valence-electron chi connectivity index (χ3n) is 7.03. The number of benzene rings is 2. The monoisotopic (exact) mass is 481 g/mol. The van der Waals surface area contributed by atoms with Crippen LogP contribution in [0.25, 0.3) is 0 Å². The molecular weight excluding hydrogens is 438 g/mol. The van der Waals surface area contributed by atoms with E-state index < -0.39 is 0 Å². The molecule has 2 amide bonds. The van der Waals surface area contributed by atoms with Gasteiger partial charge >= 0.3 is 6.03 Å². The summed E-state index contributed by atoms with van der Waals surface area (Å²) in [6.07, 6.45) is 0.779. The molecule has 1 aliphatic heterocycles. The number of fused-ring (bicyclic) bond motifs is 1. The van der Waals surface area contributed by atoms with E-state index in [1.54, 1.807) is 14.2 Å². The Kier molecular flexibility index (Phi) is 9.06. The average molecular weight is 482 g/mol. The molecule has 0 aromatic heterocycles. The number of ether oxygens (including phenoxy) is 2. The van der Waals surface area contributed by atoms with Crippen LogP contribution in [0.1, 0.15) is 64.3 Å². The van der Waals surface area contributed by atoms with Crippen LogP contribution in [0.2, 0.25) is 0 Å². The summed E-state index contributed by atoms with van der Waals surface area (Å²) >= 11 is 0. The van der Waals surface area contributed by atoms with Crippen molar-refractivity contribution in [3.63, 3.8) is 0 Å². The van der Waals surface area contributed by atoms with Crippen molar-refractivity contribution < 1.29 is 14.3 Å². The number of carbonyl (C=O) groups excluding carboxylic acids is 1. The lowest BCUT2D eigenvalue weighted by Crippen LogP contribution is -2.53. The minimum atomic E-state index is -0.181. The molecule has 1 unspecified atom stereocenters. The molecule has 0 radical (unpaired) electrons. The zero-order valence-electron chi connectivity index (χ0n) is 22.7. The number of rotatable bonds is 9. The van der Waals surface area contributed by atoms with Gasteiger partial charge in [-0.25, -0.2) is 4.79 Å². The van der Waals surface area contributed by atoms with Crippen LogP contribution in [0.3, 0.4) is 0 Å². The number of urea groups is 1. The Hall–Kier alpha value is -2.73. The first-order chi connectivity index (χ1) is 16.7. The van der Waals surface area contributed by atoms with Gasteiger partial charge in [0.1, 0.15) is 0 Å². The van der Waals surface area contributed by atoms with Crippen LogP contribution in [-0.4, -0.2) is 72.7 Å². The lowest BCUT2D eigenvalue weighted by atomic mass is 9.87. The summed E-state index contributed by atoms with van der Waals surface area (Å²) < 4.78 is 11.2. The highest BCUT2D eigenvalue weighted by atomic mass is 16.5. The van der Waals surface area contributed by atoms with E-state index in [0.717, 1.165) is 29.8 Å². The highest BCUT2D eigenvalue weighted by Crippen LogP contribution is 2.41. The molecule has 192 valence electrons. The first-order valence-electron chi connectivity index (χ1n) is 12.8. The van der Waals surface area contributed by atoms with Gasteiger partial charge < -0.3 is 19.3 Å². The van der Waals surface area contributed by atoms with Crippen LogP contribution in [0, 0.1) is 0 Å². The van der Waals surface area contributed by atoms with Gasteiger partial charge in [0, 0.05) is 37.8 Å². The third kappa shape index (κ3) is 5.92. The number of hydrogen-bond donors (Lipinski definition) is 0. The van der Waals surface area contributed by atoms with Crippen LogP contribution in [0.5, 0.6) is 11.5 Å². The molecule has 0 bridgehead atoms. The fourth-order valence-corrected chi connectivity index (χ4v) is 5.22. The van der Waals surface area contributed by atoms with E-state index in [-0.39, 0.29) is 18.1 Å². The Morgan fingerprint density at radius 1 is 0.914 bits per heavy atom. The van der Waals surface area contributed by atoms with Crippen molar-refractivity contribution in [1.82, 2.24) is 14.7 Å². The molecule has 1 aliphatic rings. The second-order valence-electron chi connectivity index (χ2n) is 10.2. The minimum Gasteiger partial charge on any atom is -0.493 e. The zero-order valence-corrected chi connectivity index (χ0v) is 22.7. The molecule has 1 heterocycles. The molecular formula is C29H43N3O3. The molecule has 0 spiro atoms. The van der Waals surface area contributed by atoms with Crippen LogP contribution in [0.15, 0.2) is 42.5 Å². The van der Waals surface area contributed by atoms with Gasteiger partial charge in [0.25, 0.3) is 0 Å². The quantitative estimate of drug-likeness (QED) is 0.468. The molecule has 0 N–H and O–H groups in total. The molecule has 0 saturated carbocycles. The third-order valence-corrected chi connectivity index (χ3v) is 7.03. The maximum atomic E-state index is 14.1. The summed E-state index contributed by atoms with van der Waals surface area (Å²) in [6.45, 7) is 15.3. The largest absolute Gasteiger partial charge is 0.493 e. The normalized spacial score (nSPS) is 15.7. The molecule has 2 aromatic rings. The fraction of sp³-hybridized carbons (Fsp3) is 0.552. The van der Waals surface area contributed by atoms with Gasteiger partial charge in [-0.05, 0) is 76.8 Å². The Morgan fingerprint density at radius 2 is 1.51 bits per heavy atom. The molecule has 2 aromatic carbocycles. The maximum Gasteiger partial charge on any atom is 0.321 e. The van der Waals surface area contributed by atoms with Gasteiger partial charge in [-0.15, -0.1) is 0 Å². The molecule has 6 heteroatoms. The van der Waals surface area contributed by atoms with Crippen molar-refractivity contribution in [3.8, 4) is 11.5 Å². The van der Waals surface area contributed by atoms with E-state index in [0.29, 0.717) is 30.9 Å². The van der Waals surface area contributed by atoms with Gasteiger partial charge in [-0.1, -0.05) is 30.3 Å². The number of nitrogens with zero attached hydrogens (tertiary/aromatic N) is 3. The molecule has 0 aliphatic carbocycles. The highest BCUT2D eigenvalue weighted by Gasteiger charge is 2.36. The number of methoxy groups -OCH3 is 2. The Balaban J connectivity index is 1.99. The number of amides is 2. The summed E-state index contributed by atoms with van der Waals surface area (Å²) in [7, 11) is 3.32. The van der Waals surface area contributed by atoms with Gasteiger partial charge in [0.2, 0.25) is 0 Å². The SMILES string of the molecule is COc1cc2c(cc1OC)C(c1ccccc1)N(C(=O)N(CCN(C(C)C)C(C)C)C(C)C)CC2. The predicted octanol–water partition coefficient (Wildman–Crippen LogP) is 5.60. The van der Waals surface area contributed by atoms with Crippen molar-refractivity contribution in [2.24, 2.45) is 0 Å². The fourth-order valence-electron chi connectivity index (χ4n) is 5.22. The molecule has 35 heavy (non-hydrogen) atoms. The number of hydrogen-bond acceptors (Lipinski definition) is 4. The minimum absolute atomic E-state index is 0.0850. The summed E-state index contributed by atoms with van der Waals surface area (Å²) in [5.41, 5.74) is 3.40. The van der Waals surface area contributed by atoms with E-state index in [1.807, 2.05) is 34.1 Å². The van der Waals surface area contributed by atoms with Crippen molar-refractivity contribution in [2.45, 2.75) is 72.1 Å². The van der Waals surface area contributed by atoms with Crippen molar-refractivity contribution in [3.05, 3.63) is 59.2 Å². The van der Waals surface area contributed by atoms with Crippen LogP contribution >= 0.6 is 0 Å². The second-order valence-corrected chi connectivity index (χ2v) is 10.2. The number of carbonyl (C=O) groups is 1. The predicted molar refractivity (Wildman–Crippen MR) is 142 cm³/mol. The summed E-state index contributed by atoms with van der Waals surface area (Å²) in [4.78, 5) is 20.7. The smallest absolute Gasteiger partial charge is 0.321 e. The summed E-state index contributed by atoms with van der Waals surface area (Å²) in [6, 6.07) is 15.3. The van der Waals surface area contributed by atoms with Crippen LogP contribution in [0.4, 0.5) is 4.79 Å². The van der Waals surface area contributed by atoms with E-state index in [4.69, 9.17) is 9.47 Å². The lowest BCUT2D eigenvalue weighted by Gasteiger charge is -2.42. The van der Waals surface area contributed by atoms with Gasteiger partial charge in [-0.3, -0.25) is 4.90 Å². The van der Waals surface area contributed by atoms with Gasteiger partial charge in [0.15, 0.2) is 11.5 Å². The summed E-state index contributed by atoms with van der Waals surface area (Å²) in [5.74, 6) is 1.41. The second kappa shape index (κ2) is 11.8. The average Bonchev–Trinajstić information content (AvgIpc) is 2.84. The Labute approximate surface area is 211 Å². The van der Waals surface area contributed by atoms with Crippen molar-refractivity contribution in [1.29, 1.82) is 0 Å². The zero-order chi connectivity index (χ0) is 25.7. The van der Waals surface area contributed by atoms with E-state index in [2.05, 4.69) is 64.6 Å². The molecule has 0 saturated heterocycles. The Morgan fingerprint density at radius 3 is 2.06 bits per heavy atom. The first kappa shape index (κ1) is 26.9. The molecule has 1 atom stereocenters. The molecule has 0 fully saturated rings. The molecule has 6 nitrogen and oxygen atoms in total. The first-order valence-corrected chi connectivity index (χ1v) is 12.8. The van der Waals surface area contributed by atoms with E-state index in [1.165, 1.54) is 5.56 Å². The van der Waals surface area contributed by atoms with Crippen LogP contribution in [-0.2, 0) is 6.42 Å². The lowest BCUT2D eigenvalue weighted by molar-refractivity contribution is 0.105. The van der Waals surface area contributed by atoms with Gasteiger partial charge in [-0.2, -0.15) is 0 Å². The maximum absolute atomic E-state index is 14.1. The van der Waals surface area contributed by atoms with Crippen LogP contribution < -0.4 is 9.47 Å². The van der Waals surface area contributed by atoms with Gasteiger partial charge in [0.05, 0.1) is 20.3 Å². The molecule has 3 rings (SSSR count). The standard InChI is InChI=1S/C29H43N3O3/c1-20(2)30(21(3)4)16-17-31(22(5)6)29(33)32-15-14-24-18-26(34-7)27(35-8)19-25(24)28(32)23-12-10-9-11-13-23/h9-13,18-22,28H,14-17H2,1-8H3. The van der Waals surface area contributed by atoms with Crippen molar-refractivity contribution in [2.75, 3.05) is 33.9 Å². The summed E-state index contributed by atoms with van der Waals surface area (Å²) in [5, 5.41) is 0. The topological polar surface area (TPSA) is 45.3 Å². The Bertz CT molecular complexity index is 967. The van der Waals surface area contributed by atoms with E-state index in [9.17, 15) is 4.79 Å². The van der Waals surface area contributed by atoms with E-state index >= 15 is 0 Å².